The lowest BCUT2D eigenvalue weighted by atomic mass is 9.94. The van der Waals surface area contributed by atoms with E-state index in [0.29, 0.717) is 43.2 Å². The fourth-order valence-corrected chi connectivity index (χ4v) is 4.41. The van der Waals surface area contributed by atoms with Crippen molar-refractivity contribution in [1.29, 1.82) is 0 Å². The van der Waals surface area contributed by atoms with Crippen LogP contribution in [0.2, 0.25) is 0 Å². The summed E-state index contributed by atoms with van der Waals surface area (Å²) >= 11 is 0. The first kappa shape index (κ1) is 23.1. The zero-order valence-corrected chi connectivity index (χ0v) is 18.8. The molecule has 1 aliphatic carbocycles. The molecule has 2 amide bonds. The topological polar surface area (TPSA) is 82.3 Å². The SMILES string of the molecule is COCCN1C[C@@H](NC(=O)Nc2c(C3=CCCC=C3)n[nH]c2C)[C@H](c2ccc(F)c(F)c2)C1. The molecule has 2 atom stereocenters. The number of hydrogen-bond donors (Lipinski definition) is 3. The number of nitrogens with zero attached hydrogens (tertiary/aromatic N) is 2. The van der Waals surface area contributed by atoms with E-state index in [9.17, 15) is 13.6 Å². The number of aryl methyl sites for hydroxylation is 1. The van der Waals surface area contributed by atoms with E-state index in [2.05, 4.69) is 37.9 Å². The van der Waals surface area contributed by atoms with Gasteiger partial charge in [-0.2, -0.15) is 5.10 Å². The number of benzene rings is 1. The average molecular weight is 458 g/mol. The first-order chi connectivity index (χ1) is 16.0. The molecule has 9 heteroatoms. The predicted molar refractivity (Wildman–Crippen MR) is 123 cm³/mol. The first-order valence-corrected chi connectivity index (χ1v) is 11.1. The molecule has 0 unspecified atom stereocenters. The van der Waals surface area contributed by atoms with Crippen LogP contribution in [-0.2, 0) is 4.74 Å². The maximum absolute atomic E-state index is 13.9. The van der Waals surface area contributed by atoms with E-state index in [1.54, 1.807) is 13.2 Å². The van der Waals surface area contributed by atoms with Crippen LogP contribution >= 0.6 is 0 Å². The third-order valence-electron chi connectivity index (χ3n) is 6.15. The molecule has 2 heterocycles. The molecule has 2 aromatic rings. The zero-order chi connectivity index (χ0) is 23.4. The van der Waals surface area contributed by atoms with Crippen molar-refractivity contribution >= 4 is 17.3 Å². The molecule has 0 spiro atoms. The molecule has 2 aliphatic rings. The van der Waals surface area contributed by atoms with E-state index in [1.165, 1.54) is 6.07 Å². The van der Waals surface area contributed by atoms with Crippen molar-refractivity contribution in [2.45, 2.75) is 31.7 Å². The number of carbonyl (C=O) groups is 1. The van der Waals surface area contributed by atoms with Gasteiger partial charge in [-0.25, -0.2) is 13.6 Å². The van der Waals surface area contributed by atoms with Gasteiger partial charge < -0.3 is 15.4 Å². The fourth-order valence-electron chi connectivity index (χ4n) is 4.41. The normalized spacial score (nSPS) is 20.7. The van der Waals surface area contributed by atoms with E-state index in [0.717, 1.165) is 30.2 Å². The molecule has 0 bridgehead atoms. The van der Waals surface area contributed by atoms with Gasteiger partial charge in [0.05, 0.1) is 24.0 Å². The third kappa shape index (κ3) is 5.31. The predicted octanol–water partition coefficient (Wildman–Crippen LogP) is 3.97. The van der Waals surface area contributed by atoms with Crippen molar-refractivity contribution in [1.82, 2.24) is 20.4 Å². The summed E-state index contributed by atoms with van der Waals surface area (Å²) in [5, 5.41) is 13.3. The highest BCUT2D eigenvalue weighted by Gasteiger charge is 2.35. The van der Waals surface area contributed by atoms with Crippen molar-refractivity contribution in [2.24, 2.45) is 0 Å². The Kier molecular flexibility index (Phi) is 7.20. The Balaban J connectivity index is 1.50. The Morgan fingerprint density at radius 2 is 2.12 bits per heavy atom. The minimum absolute atomic E-state index is 0.184. The van der Waals surface area contributed by atoms with Crippen LogP contribution in [0.1, 0.15) is 35.7 Å². The Hall–Kier alpha value is -3.04. The van der Waals surface area contributed by atoms with Crippen LogP contribution in [-0.4, -0.2) is 60.5 Å². The maximum atomic E-state index is 13.9. The number of ether oxygens (including phenoxy) is 1. The summed E-state index contributed by atoms with van der Waals surface area (Å²) in [6.45, 7) is 4.26. The van der Waals surface area contributed by atoms with Crippen molar-refractivity contribution in [3.8, 4) is 0 Å². The van der Waals surface area contributed by atoms with Gasteiger partial charge in [0.2, 0.25) is 0 Å². The van der Waals surface area contributed by atoms with Gasteiger partial charge in [0.25, 0.3) is 0 Å². The molecule has 176 valence electrons. The van der Waals surface area contributed by atoms with Crippen LogP contribution in [0.15, 0.2) is 36.4 Å². The molecule has 33 heavy (non-hydrogen) atoms. The summed E-state index contributed by atoms with van der Waals surface area (Å²) in [7, 11) is 1.63. The molecule has 1 aromatic carbocycles. The molecule has 0 radical (unpaired) electrons. The molecule has 1 aromatic heterocycles. The number of carbonyl (C=O) groups excluding carboxylic acids is 1. The number of H-pyrrole nitrogens is 1. The summed E-state index contributed by atoms with van der Waals surface area (Å²) in [6, 6.07) is 3.28. The van der Waals surface area contributed by atoms with Crippen molar-refractivity contribution < 1.29 is 18.3 Å². The highest BCUT2D eigenvalue weighted by molar-refractivity contribution is 5.94. The van der Waals surface area contributed by atoms with E-state index in [-0.39, 0.29) is 18.0 Å². The molecule has 0 saturated carbocycles. The lowest BCUT2D eigenvalue weighted by molar-refractivity contribution is 0.159. The second-order valence-corrected chi connectivity index (χ2v) is 8.45. The van der Waals surface area contributed by atoms with Gasteiger partial charge in [-0.1, -0.05) is 24.3 Å². The number of urea groups is 1. The standard InChI is InChI=1S/C24H29F2N5O2/c1-15-22(23(30-29-15)16-6-4-3-5-7-16)28-24(32)27-21-14-31(10-11-33-2)13-18(21)17-8-9-19(25)20(26)12-17/h4,6-9,12,18,21H,3,5,10-11,13-14H2,1-2H3,(H,29,30)(H2,27,28,32)/t18-,21+/m0/s1. The van der Waals surface area contributed by atoms with Gasteiger partial charge >= 0.3 is 6.03 Å². The second kappa shape index (κ2) is 10.3. The lowest BCUT2D eigenvalue weighted by Gasteiger charge is -2.21. The molecule has 7 nitrogen and oxygen atoms in total. The maximum Gasteiger partial charge on any atom is 0.319 e. The smallest absolute Gasteiger partial charge is 0.319 e. The van der Waals surface area contributed by atoms with Crippen LogP contribution in [0.3, 0.4) is 0 Å². The van der Waals surface area contributed by atoms with Gasteiger partial charge in [0.1, 0.15) is 5.69 Å². The second-order valence-electron chi connectivity index (χ2n) is 8.45. The number of aromatic amines is 1. The van der Waals surface area contributed by atoms with Crippen LogP contribution < -0.4 is 10.6 Å². The summed E-state index contributed by atoms with van der Waals surface area (Å²) in [5.74, 6) is -1.96. The Labute approximate surface area is 191 Å². The number of allylic oxidation sites excluding steroid dienone is 4. The molecule has 1 saturated heterocycles. The van der Waals surface area contributed by atoms with Crippen molar-refractivity contribution in [3.05, 3.63) is 65.0 Å². The van der Waals surface area contributed by atoms with Gasteiger partial charge in [-0.05, 0) is 43.0 Å². The third-order valence-corrected chi connectivity index (χ3v) is 6.15. The number of hydrogen-bond acceptors (Lipinski definition) is 4. The zero-order valence-electron chi connectivity index (χ0n) is 18.8. The van der Waals surface area contributed by atoms with E-state index < -0.39 is 11.6 Å². The van der Waals surface area contributed by atoms with Crippen LogP contribution in [0, 0.1) is 18.6 Å². The first-order valence-electron chi connectivity index (χ1n) is 11.1. The van der Waals surface area contributed by atoms with E-state index in [4.69, 9.17) is 4.74 Å². The monoisotopic (exact) mass is 457 g/mol. The number of methoxy groups -OCH3 is 1. The van der Waals surface area contributed by atoms with Crippen molar-refractivity contribution in [3.63, 3.8) is 0 Å². The summed E-state index contributed by atoms with van der Waals surface area (Å²) < 4.78 is 32.6. The van der Waals surface area contributed by atoms with Gasteiger partial charge in [0.15, 0.2) is 11.6 Å². The van der Waals surface area contributed by atoms with Crippen molar-refractivity contribution in [2.75, 3.05) is 38.7 Å². The summed E-state index contributed by atoms with van der Waals surface area (Å²) in [6.07, 6.45) is 8.11. The highest BCUT2D eigenvalue weighted by Crippen LogP contribution is 2.30. The number of anilines is 1. The lowest BCUT2D eigenvalue weighted by Crippen LogP contribution is -2.42. The minimum atomic E-state index is -0.890. The van der Waals surface area contributed by atoms with Gasteiger partial charge in [0, 0.05) is 32.7 Å². The summed E-state index contributed by atoms with van der Waals surface area (Å²) in [4.78, 5) is 15.1. The molecule has 3 N–H and O–H groups in total. The molecule has 1 aliphatic heterocycles. The average Bonchev–Trinajstić information content (AvgIpc) is 3.38. The number of aromatic nitrogens is 2. The Morgan fingerprint density at radius 3 is 2.85 bits per heavy atom. The quantitative estimate of drug-likeness (QED) is 0.588. The Bertz CT molecular complexity index is 1070. The number of likely N-dealkylation sites (tertiary alicyclic amines) is 1. The number of amides is 2. The number of nitrogens with one attached hydrogen (secondary N) is 3. The molecular weight excluding hydrogens is 428 g/mol. The van der Waals surface area contributed by atoms with Crippen LogP contribution in [0.25, 0.3) is 5.57 Å². The summed E-state index contributed by atoms with van der Waals surface area (Å²) in [5.41, 5.74) is 3.70. The van der Waals surface area contributed by atoms with Gasteiger partial charge in [-0.3, -0.25) is 10.00 Å². The highest BCUT2D eigenvalue weighted by atomic mass is 19.2. The number of rotatable bonds is 7. The van der Waals surface area contributed by atoms with E-state index >= 15 is 0 Å². The Morgan fingerprint density at radius 1 is 1.27 bits per heavy atom. The molecule has 1 fully saturated rings. The largest absolute Gasteiger partial charge is 0.383 e. The number of halogens is 2. The van der Waals surface area contributed by atoms with Gasteiger partial charge in [-0.15, -0.1) is 0 Å². The molecular formula is C24H29F2N5O2. The van der Waals surface area contributed by atoms with E-state index in [1.807, 2.05) is 13.0 Å². The van der Waals surface area contributed by atoms with Crippen LogP contribution in [0.5, 0.6) is 0 Å². The molecule has 4 rings (SSSR count). The van der Waals surface area contributed by atoms with Crippen LogP contribution in [0.4, 0.5) is 19.3 Å². The fraction of sp³-hybridized carbons (Fsp3) is 0.417. The minimum Gasteiger partial charge on any atom is -0.383 e.